The number of alkyl halides is 4. The zero-order valence-electron chi connectivity index (χ0n) is 5.04. The average Bonchev–Trinajstić information content (AvgIpc) is 1.61. The van der Waals surface area contributed by atoms with Gasteiger partial charge in [0.1, 0.15) is 0 Å². The maximum Gasteiger partial charge on any atom is 0.425 e. The molecule has 0 spiro atoms. The Hall–Kier alpha value is -0.610. The van der Waals surface area contributed by atoms with Crippen molar-refractivity contribution in [3.05, 3.63) is 12.4 Å². The number of hydrogen-bond acceptors (Lipinski definition) is 0. The van der Waals surface area contributed by atoms with Gasteiger partial charge in [0.05, 0.1) is 6.33 Å². The van der Waals surface area contributed by atoms with Crippen molar-refractivity contribution < 1.29 is 22.0 Å². The summed E-state index contributed by atoms with van der Waals surface area (Å²) in [6.45, 7) is 0.239. The van der Waals surface area contributed by atoms with Gasteiger partial charge in [-0.1, -0.05) is 0 Å². The summed E-state index contributed by atoms with van der Waals surface area (Å²) in [6, 6.07) is 0. The molecule has 0 aromatic heterocycles. The molecule has 5 heteroatoms. The minimum Gasteiger partial charge on any atom is -0.229 e. The lowest BCUT2D eigenvalue weighted by atomic mass is 10.1. The lowest BCUT2D eigenvalue weighted by Gasteiger charge is -2.18. The number of halogens is 5. The third-order valence-electron chi connectivity index (χ3n) is 0.930. The second-order valence-corrected chi connectivity index (χ2v) is 1.87. The standard InChI is InChI=1S/C5H5F5/c1-4(7,2-3-6)5(8,9)10/h2-3H,1H3/b3-2-. The number of allylic oxidation sites excluding steroid dienone is 1. The van der Waals surface area contributed by atoms with Gasteiger partial charge in [-0.05, 0) is 13.0 Å². The zero-order valence-corrected chi connectivity index (χ0v) is 5.04. The molecule has 0 radical (unpaired) electrons. The quantitative estimate of drug-likeness (QED) is 0.517. The summed E-state index contributed by atoms with van der Waals surface area (Å²) in [5.41, 5.74) is -3.57. The molecular weight excluding hydrogens is 155 g/mol. The van der Waals surface area contributed by atoms with Crippen molar-refractivity contribution in [3.8, 4) is 0 Å². The first kappa shape index (κ1) is 9.39. The highest BCUT2D eigenvalue weighted by molar-refractivity contribution is 5.00. The van der Waals surface area contributed by atoms with Gasteiger partial charge in [0, 0.05) is 0 Å². The van der Waals surface area contributed by atoms with E-state index in [1.165, 1.54) is 0 Å². The smallest absolute Gasteiger partial charge is 0.229 e. The molecule has 0 amide bonds. The van der Waals surface area contributed by atoms with Crippen LogP contribution in [0.2, 0.25) is 0 Å². The van der Waals surface area contributed by atoms with Gasteiger partial charge in [-0.25, -0.2) is 8.78 Å². The zero-order chi connectivity index (χ0) is 8.41. The molecule has 0 aliphatic carbocycles. The summed E-state index contributed by atoms with van der Waals surface area (Å²) in [7, 11) is 0. The molecule has 0 nitrogen and oxygen atoms in total. The van der Waals surface area contributed by atoms with E-state index in [1.807, 2.05) is 0 Å². The van der Waals surface area contributed by atoms with E-state index >= 15 is 0 Å². The van der Waals surface area contributed by atoms with Gasteiger partial charge >= 0.3 is 6.18 Å². The second-order valence-electron chi connectivity index (χ2n) is 1.87. The molecule has 10 heavy (non-hydrogen) atoms. The third kappa shape index (κ3) is 1.97. The lowest BCUT2D eigenvalue weighted by Crippen LogP contribution is -2.35. The maximum absolute atomic E-state index is 12.1. The van der Waals surface area contributed by atoms with Crippen molar-refractivity contribution in [2.45, 2.75) is 18.8 Å². The highest BCUT2D eigenvalue weighted by Crippen LogP contribution is 2.34. The lowest BCUT2D eigenvalue weighted by molar-refractivity contribution is -0.205. The van der Waals surface area contributed by atoms with Gasteiger partial charge < -0.3 is 0 Å². The van der Waals surface area contributed by atoms with Crippen LogP contribution in [0.5, 0.6) is 0 Å². The van der Waals surface area contributed by atoms with Gasteiger partial charge in [-0.15, -0.1) is 0 Å². The predicted octanol–water partition coefficient (Wildman–Crippen LogP) is 2.76. The van der Waals surface area contributed by atoms with Crippen molar-refractivity contribution in [2.75, 3.05) is 0 Å². The first-order valence-electron chi connectivity index (χ1n) is 2.35. The van der Waals surface area contributed by atoms with Crippen molar-refractivity contribution in [1.29, 1.82) is 0 Å². The Kier molecular flexibility index (Phi) is 2.40. The Labute approximate surface area is 54.3 Å². The fraction of sp³-hybridized carbons (Fsp3) is 0.600. The van der Waals surface area contributed by atoms with Crippen LogP contribution in [-0.2, 0) is 0 Å². The van der Waals surface area contributed by atoms with Crippen LogP contribution in [0.4, 0.5) is 22.0 Å². The first-order chi connectivity index (χ1) is 4.31. The molecule has 0 bridgehead atoms. The fourth-order valence-corrected chi connectivity index (χ4v) is 0.213. The van der Waals surface area contributed by atoms with E-state index < -0.39 is 18.2 Å². The van der Waals surface area contributed by atoms with Crippen LogP contribution in [0.25, 0.3) is 0 Å². The molecule has 0 N–H and O–H groups in total. The number of hydrogen-bond donors (Lipinski definition) is 0. The van der Waals surface area contributed by atoms with E-state index in [0.29, 0.717) is 0 Å². The molecule has 0 rings (SSSR count). The van der Waals surface area contributed by atoms with Crippen LogP contribution in [-0.4, -0.2) is 11.8 Å². The average molecular weight is 160 g/mol. The van der Waals surface area contributed by atoms with E-state index in [2.05, 4.69) is 0 Å². The summed E-state index contributed by atoms with van der Waals surface area (Å²) < 4.78 is 57.5. The monoisotopic (exact) mass is 160 g/mol. The van der Waals surface area contributed by atoms with E-state index in [4.69, 9.17) is 0 Å². The van der Waals surface area contributed by atoms with Crippen molar-refractivity contribution in [2.24, 2.45) is 0 Å². The van der Waals surface area contributed by atoms with Crippen molar-refractivity contribution >= 4 is 0 Å². The highest BCUT2D eigenvalue weighted by atomic mass is 19.4. The van der Waals surface area contributed by atoms with Crippen LogP contribution < -0.4 is 0 Å². The third-order valence-corrected chi connectivity index (χ3v) is 0.930. The molecule has 0 fully saturated rings. The van der Waals surface area contributed by atoms with E-state index in [9.17, 15) is 22.0 Å². The Bertz CT molecular complexity index is 131. The van der Waals surface area contributed by atoms with Gasteiger partial charge in [-0.2, -0.15) is 13.2 Å². The maximum atomic E-state index is 12.1. The van der Waals surface area contributed by atoms with Crippen molar-refractivity contribution in [3.63, 3.8) is 0 Å². The first-order valence-corrected chi connectivity index (χ1v) is 2.35. The van der Waals surface area contributed by atoms with Gasteiger partial charge in [0.2, 0.25) is 5.67 Å². The van der Waals surface area contributed by atoms with E-state index in [1.54, 1.807) is 0 Å². The molecule has 0 heterocycles. The molecule has 0 aromatic rings. The highest BCUT2D eigenvalue weighted by Gasteiger charge is 2.50. The van der Waals surface area contributed by atoms with Crippen LogP contribution in [0.1, 0.15) is 6.92 Å². The summed E-state index contributed by atoms with van der Waals surface area (Å²) in [6.07, 6.45) is -5.70. The minimum absolute atomic E-state index is 0.188. The van der Waals surface area contributed by atoms with E-state index in [-0.39, 0.29) is 13.0 Å². The topological polar surface area (TPSA) is 0 Å². The Morgan fingerprint density at radius 3 is 1.60 bits per heavy atom. The Morgan fingerprint density at radius 1 is 1.10 bits per heavy atom. The fourth-order valence-electron chi connectivity index (χ4n) is 0.213. The molecule has 0 aromatic carbocycles. The van der Waals surface area contributed by atoms with Crippen LogP contribution in [0.3, 0.4) is 0 Å². The Morgan fingerprint density at radius 2 is 1.50 bits per heavy atom. The minimum atomic E-state index is -5.05. The summed E-state index contributed by atoms with van der Waals surface area (Å²) in [4.78, 5) is 0. The number of rotatable bonds is 1. The molecule has 0 aliphatic rings. The normalized spacial score (nSPS) is 19.4. The van der Waals surface area contributed by atoms with Crippen molar-refractivity contribution in [1.82, 2.24) is 0 Å². The molecule has 60 valence electrons. The molecule has 0 saturated carbocycles. The molecule has 0 saturated heterocycles. The SMILES string of the molecule is CC(F)(/C=C\F)C(F)(F)F. The van der Waals surface area contributed by atoms with Gasteiger partial charge in [0.15, 0.2) is 0 Å². The molecule has 1 atom stereocenters. The van der Waals surface area contributed by atoms with Crippen LogP contribution in [0.15, 0.2) is 12.4 Å². The van der Waals surface area contributed by atoms with Crippen LogP contribution in [0, 0.1) is 0 Å². The predicted molar refractivity (Wildman–Crippen MR) is 25.8 cm³/mol. The summed E-state index contributed by atoms with van der Waals surface area (Å²) in [5.74, 6) is 0. The molecule has 1 unspecified atom stereocenters. The summed E-state index contributed by atoms with van der Waals surface area (Å²) in [5, 5.41) is 0. The molecule has 0 aliphatic heterocycles. The van der Waals surface area contributed by atoms with Gasteiger partial charge in [0.25, 0.3) is 0 Å². The largest absolute Gasteiger partial charge is 0.425 e. The van der Waals surface area contributed by atoms with E-state index in [0.717, 1.165) is 0 Å². The summed E-state index contributed by atoms with van der Waals surface area (Å²) >= 11 is 0. The van der Waals surface area contributed by atoms with Gasteiger partial charge in [-0.3, -0.25) is 0 Å². The molecular formula is C5H5F5. The van der Waals surface area contributed by atoms with Crippen LogP contribution >= 0.6 is 0 Å². The second kappa shape index (κ2) is 2.56. The Balaban J connectivity index is 4.40.